The summed E-state index contributed by atoms with van der Waals surface area (Å²) in [5.41, 5.74) is 2.91. The second kappa shape index (κ2) is 11.9. The van der Waals surface area contributed by atoms with Gasteiger partial charge >= 0.3 is 0 Å². The zero-order valence-electron chi connectivity index (χ0n) is 19.1. The van der Waals surface area contributed by atoms with Crippen LogP contribution in [-0.2, 0) is 23.1 Å². The summed E-state index contributed by atoms with van der Waals surface area (Å²) in [6, 6.07) is 13.2. The molecular weight excluding hydrogens is 539 g/mol. The molecule has 0 aromatic heterocycles. The highest BCUT2D eigenvalue weighted by Crippen LogP contribution is 2.30. The summed E-state index contributed by atoms with van der Waals surface area (Å²) in [5, 5.41) is 6.51. The first kappa shape index (κ1) is 26.4. The fraction of sp³-hybridized carbons (Fsp3) is 0.435. The van der Waals surface area contributed by atoms with Crippen LogP contribution < -0.4 is 15.4 Å². The third-order valence-electron chi connectivity index (χ3n) is 5.24. The van der Waals surface area contributed by atoms with Gasteiger partial charge in [-0.1, -0.05) is 30.3 Å². The normalized spacial score (nSPS) is 14.1. The minimum absolute atomic E-state index is 0. The van der Waals surface area contributed by atoms with Crippen molar-refractivity contribution in [1.29, 1.82) is 0 Å². The van der Waals surface area contributed by atoms with Gasteiger partial charge in [0.1, 0.15) is 5.75 Å². The number of ether oxygens (including phenoxy) is 1. The molecular formula is C23H33IN4O3S. The molecule has 0 bridgehead atoms. The van der Waals surface area contributed by atoms with Crippen molar-refractivity contribution in [3.05, 3.63) is 59.2 Å². The van der Waals surface area contributed by atoms with Gasteiger partial charge in [0.2, 0.25) is 10.0 Å². The number of sulfonamides is 1. The first-order chi connectivity index (χ1) is 14.8. The highest BCUT2D eigenvalue weighted by atomic mass is 127. The maximum absolute atomic E-state index is 12.6. The molecule has 0 atom stereocenters. The molecule has 1 aliphatic carbocycles. The van der Waals surface area contributed by atoms with Gasteiger partial charge in [0.15, 0.2) is 5.96 Å². The second-order valence-corrected chi connectivity index (χ2v) is 10.2. The van der Waals surface area contributed by atoms with E-state index in [1.165, 1.54) is 31.2 Å². The molecule has 0 unspecified atom stereocenters. The molecule has 1 aliphatic rings. The molecule has 0 spiro atoms. The number of nitrogens with one attached hydrogen (secondary N) is 2. The SMILES string of the molecule is CN=C(NCc1ccc(C)cc1OCC1CC1)NCc1ccccc1S(=O)(=O)N(C)C.I. The number of hydrogen-bond acceptors (Lipinski definition) is 4. The Morgan fingerprint density at radius 3 is 2.38 bits per heavy atom. The molecule has 2 aromatic rings. The highest BCUT2D eigenvalue weighted by Gasteiger charge is 2.23. The van der Waals surface area contributed by atoms with E-state index in [2.05, 4.69) is 40.7 Å². The predicted octanol–water partition coefficient (Wildman–Crippen LogP) is 3.52. The number of rotatable bonds is 9. The van der Waals surface area contributed by atoms with E-state index < -0.39 is 10.0 Å². The molecule has 7 nitrogen and oxygen atoms in total. The summed E-state index contributed by atoms with van der Waals surface area (Å²) in [4.78, 5) is 4.56. The van der Waals surface area contributed by atoms with Crippen LogP contribution >= 0.6 is 24.0 Å². The first-order valence-electron chi connectivity index (χ1n) is 10.5. The lowest BCUT2D eigenvalue weighted by Crippen LogP contribution is -2.37. The summed E-state index contributed by atoms with van der Waals surface area (Å²) in [5.74, 6) is 2.18. The maximum Gasteiger partial charge on any atom is 0.242 e. The number of guanidine groups is 1. The van der Waals surface area contributed by atoms with E-state index in [0.717, 1.165) is 23.5 Å². The Morgan fingerprint density at radius 2 is 1.75 bits per heavy atom. The molecule has 0 heterocycles. The Balaban J connectivity index is 0.00000363. The van der Waals surface area contributed by atoms with Crippen molar-refractivity contribution in [3.63, 3.8) is 0 Å². The highest BCUT2D eigenvalue weighted by molar-refractivity contribution is 14.0. The van der Waals surface area contributed by atoms with Gasteiger partial charge in [-0.3, -0.25) is 4.99 Å². The van der Waals surface area contributed by atoms with Crippen molar-refractivity contribution >= 4 is 40.0 Å². The van der Waals surface area contributed by atoms with Crippen LogP contribution in [0.2, 0.25) is 0 Å². The Labute approximate surface area is 208 Å². The number of hydrogen-bond donors (Lipinski definition) is 2. The number of nitrogens with zero attached hydrogens (tertiary/aromatic N) is 2. The lowest BCUT2D eigenvalue weighted by Gasteiger charge is -2.18. The van der Waals surface area contributed by atoms with E-state index in [4.69, 9.17) is 4.74 Å². The third-order valence-corrected chi connectivity index (χ3v) is 7.16. The second-order valence-electron chi connectivity index (χ2n) is 8.04. The largest absolute Gasteiger partial charge is 0.493 e. The van der Waals surface area contributed by atoms with Gasteiger partial charge in [-0.2, -0.15) is 0 Å². The van der Waals surface area contributed by atoms with Gasteiger partial charge in [0.25, 0.3) is 0 Å². The fourth-order valence-corrected chi connectivity index (χ4v) is 4.23. The molecule has 1 saturated carbocycles. The standard InChI is InChI=1S/C23H32N4O3S.HI/c1-17-9-12-19(21(13-17)30-16-18-10-11-18)14-25-23(24-2)26-15-20-7-5-6-8-22(20)31(28,29)27(3)4;/h5-9,12-13,18H,10-11,14-16H2,1-4H3,(H2,24,25,26);1H. The molecule has 2 N–H and O–H groups in total. The van der Waals surface area contributed by atoms with E-state index in [1.807, 2.05) is 6.07 Å². The van der Waals surface area contributed by atoms with Crippen molar-refractivity contribution in [2.24, 2.45) is 10.9 Å². The Bertz CT molecular complexity index is 1040. The van der Waals surface area contributed by atoms with Crippen LogP contribution in [0.3, 0.4) is 0 Å². The summed E-state index contributed by atoms with van der Waals surface area (Å²) in [7, 11) is 1.24. The van der Waals surface area contributed by atoms with Gasteiger partial charge in [-0.15, -0.1) is 24.0 Å². The molecule has 9 heteroatoms. The number of benzene rings is 2. The molecule has 2 aromatic carbocycles. The van der Waals surface area contributed by atoms with Crippen LogP contribution in [0.15, 0.2) is 52.4 Å². The minimum atomic E-state index is -3.52. The number of aryl methyl sites for hydroxylation is 1. The van der Waals surface area contributed by atoms with E-state index in [-0.39, 0.29) is 28.9 Å². The zero-order valence-corrected chi connectivity index (χ0v) is 22.2. The smallest absolute Gasteiger partial charge is 0.242 e. The van der Waals surface area contributed by atoms with E-state index in [9.17, 15) is 8.42 Å². The van der Waals surface area contributed by atoms with Crippen LogP contribution in [0.1, 0.15) is 29.5 Å². The van der Waals surface area contributed by atoms with Crippen LogP contribution in [-0.4, -0.2) is 46.4 Å². The van der Waals surface area contributed by atoms with E-state index >= 15 is 0 Å². The molecule has 0 amide bonds. The van der Waals surface area contributed by atoms with Crippen LogP contribution in [0, 0.1) is 12.8 Å². The number of aliphatic imine (C=N–C) groups is 1. The lowest BCUT2D eigenvalue weighted by atomic mass is 10.1. The number of halogens is 1. The summed E-state index contributed by atoms with van der Waals surface area (Å²) in [6.07, 6.45) is 2.50. The van der Waals surface area contributed by atoms with E-state index in [0.29, 0.717) is 30.5 Å². The Kier molecular flexibility index (Phi) is 9.78. The molecule has 1 fully saturated rings. The van der Waals surface area contributed by atoms with Crippen molar-refractivity contribution in [1.82, 2.24) is 14.9 Å². The average molecular weight is 573 g/mol. The predicted molar refractivity (Wildman–Crippen MR) is 139 cm³/mol. The average Bonchev–Trinajstić information content (AvgIpc) is 3.58. The van der Waals surface area contributed by atoms with Crippen LogP contribution in [0.5, 0.6) is 5.75 Å². The van der Waals surface area contributed by atoms with Crippen LogP contribution in [0.25, 0.3) is 0 Å². The lowest BCUT2D eigenvalue weighted by molar-refractivity contribution is 0.296. The zero-order chi connectivity index (χ0) is 22.4. The molecule has 0 saturated heterocycles. The maximum atomic E-state index is 12.6. The fourth-order valence-electron chi connectivity index (χ4n) is 3.11. The summed E-state index contributed by atoms with van der Waals surface area (Å²) < 4.78 is 32.5. The van der Waals surface area contributed by atoms with Crippen molar-refractivity contribution in [3.8, 4) is 5.75 Å². The molecule has 3 rings (SSSR count). The van der Waals surface area contributed by atoms with Crippen molar-refractivity contribution in [2.45, 2.75) is 37.8 Å². The van der Waals surface area contributed by atoms with Gasteiger partial charge in [-0.05, 0) is 48.9 Å². The topological polar surface area (TPSA) is 83.0 Å². The Morgan fingerprint density at radius 1 is 1.09 bits per heavy atom. The quantitative estimate of drug-likeness (QED) is 0.273. The third kappa shape index (κ3) is 7.08. The van der Waals surface area contributed by atoms with Crippen molar-refractivity contribution in [2.75, 3.05) is 27.7 Å². The molecule has 0 radical (unpaired) electrons. The summed E-state index contributed by atoms with van der Waals surface area (Å²) in [6.45, 7) is 3.71. The van der Waals surface area contributed by atoms with E-state index in [1.54, 1.807) is 25.2 Å². The summed E-state index contributed by atoms with van der Waals surface area (Å²) >= 11 is 0. The Hall–Kier alpha value is -1.85. The van der Waals surface area contributed by atoms with Crippen molar-refractivity contribution < 1.29 is 13.2 Å². The van der Waals surface area contributed by atoms with Gasteiger partial charge in [-0.25, -0.2) is 12.7 Å². The van der Waals surface area contributed by atoms with Gasteiger partial charge < -0.3 is 15.4 Å². The molecule has 32 heavy (non-hydrogen) atoms. The minimum Gasteiger partial charge on any atom is -0.493 e. The first-order valence-corrected chi connectivity index (χ1v) is 11.9. The molecule has 176 valence electrons. The molecule has 0 aliphatic heterocycles. The monoisotopic (exact) mass is 572 g/mol. The van der Waals surface area contributed by atoms with Gasteiger partial charge in [0.05, 0.1) is 11.5 Å². The van der Waals surface area contributed by atoms with Gasteiger partial charge in [0, 0.05) is 39.8 Å². The van der Waals surface area contributed by atoms with Crippen LogP contribution in [0.4, 0.5) is 0 Å².